The molecule has 0 radical (unpaired) electrons. The van der Waals surface area contributed by atoms with Gasteiger partial charge in [-0.15, -0.1) is 0 Å². The molecule has 2 heterocycles. The predicted molar refractivity (Wildman–Crippen MR) is 120 cm³/mol. The van der Waals surface area contributed by atoms with E-state index in [4.69, 9.17) is 9.47 Å². The second-order valence-corrected chi connectivity index (χ2v) is 7.87. The van der Waals surface area contributed by atoms with Crippen molar-refractivity contribution in [2.24, 2.45) is 0 Å². The van der Waals surface area contributed by atoms with Crippen molar-refractivity contribution in [3.05, 3.63) is 72.1 Å². The standard InChI is InChI=1S/C25H29N3O3/c1-30-23-14-8-19(18-24(23)31-2)7-11-21-6-3-4-16-27(21)25(29)20-9-12-22(13-10-20)28-17-5-15-26-28/h5,8-10,12-15,17-18,21H,3-4,6-7,11,16H2,1-2H3. The number of aryl methyl sites for hydroxylation is 1. The molecule has 6 heteroatoms. The normalized spacial score (nSPS) is 16.2. The van der Waals surface area contributed by atoms with Crippen LogP contribution in [0, 0.1) is 0 Å². The average Bonchev–Trinajstić information content (AvgIpc) is 3.37. The molecule has 0 N–H and O–H groups in total. The Bertz CT molecular complexity index is 999. The van der Waals surface area contributed by atoms with E-state index in [2.05, 4.69) is 16.1 Å². The molecule has 4 rings (SSSR count). The molecule has 162 valence electrons. The maximum absolute atomic E-state index is 13.3. The summed E-state index contributed by atoms with van der Waals surface area (Å²) in [5.74, 6) is 1.59. The smallest absolute Gasteiger partial charge is 0.254 e. The summed E-state index contributed by atoms with van der Waals surface area (Å²) in [5.41, 5.74) is 2.87. The number of rotatable bonds is 7. The molecule has 1 aliphatic heterocycles. The number of piperidine rings is 1. The van der Waals surface area contributed by atoms with Gasteiger partial charge in [-0.05, 0) is 80.1 Å². The minimum absolute atomic E-state index is 0.115. The van der Waals surface area contributed by atoms with Crippen LogP contribution in [0.5, 0.6) is 11.5 Å². The number of likely N-dealkylation sites (tertiary alicyclic amines) is 1. The Morgan fingerprint density at radius 1 is 1.06 bits per heavy atom. The molecule has 2 aromatic carbocycles. The van der Waals surface area contributed by atoms with Crippen molar-refractivity contribution in [3.63, 3.8) is 0 Å². The van der Waals surface area contributed by atoms with E-state index < -0.39 is 0 Å². The monoisotopic (exact) mass is 419 g/mol. The molecule has 1 atom stereocenters. The van der Waals surface area contributed by atoms with Gasteiger partial charge in [-0.3, -0.25) is 4.79 Å². The molecule has 31 heavy (non-hydrogen) atoms. The number of hydrogen-bond acceptors (Lipinski definition) is 4. The quantitative estimate of drug-likeness (QED) is 0.565. The third kappa shape index (κ3) is 4.74. The third-order valence-corrected chi connectivity index (χ3v) is 5.99. The third-order valence-electron chi connectivity index (χ3n) is 5.99. The van der Waals surface area contributed by atoms with Gasteiger partial charge in [0, 0.05) is 30.5 Å². The van der Waals surface area contributed by atoms with Crippen LogP contribution < -0.4 is 9.47 Å². The topological polar surface area (TPSA) is 56.6 Å². The van der Waals surface area contributed by atoms with E-state index in [-0.39, 0.29) is 11.9 Å². The summed E-state index contributed by atoms with van der Waals surface area (Å²) in [4.78, 5) is 15.3. The summed E-state index contributed by atoms with van der Waals surface area (Å²) in [6, 6.07) is 15.9. The van der Waals surface area contributed by atoms with Gasteiger partial charge in [0.05, 0.1) is 19.9 Å². The maximum atomic E-state index is 13.3. The SMILES string of the molecule is COc1ccc(CCC2CCCCN2C(=O)c2ccc(-n3cccn3)cc2)cc1OC. The summed E-state index contributed by atoms with van der Waals surface area (Å²) in [6.45, 7) is 0.816. The first kappa shape index (κ1) is 21.0. The van der Waals surface area contributed by atoms with E-state index in [0.717, 1.165) is 55.0 Å². The highest BCUT2D eigenvalue weighted by Gasteiger charge is 2.27. The van der Waals surface area contributed by atoms with Crippen molar-refractivity contribution in [2.45, 2.75) is 38.1 Å². The van der Waals surface area contributed by atoms with Crippen molar-refractivity contribution in [2.75, 3.05) is 20.8 Å². The van der Waals surface area contributed by atoms with Gasteiger partial charge in [-0.25, -0.2) is 4.68 Å². The van der Waals surface area contributed by atoms with Gasteiger partial charge in [0.1, 0.15) is 0 Å². The van der Waals surface area contributed by atoms with E-state index in [9.17, 15) is 4.79 Å². The van der Waals surface area contributed by atoms with Crippen LogP contribution >= 0.6 is 0 Å². The number of hydrogen-bond donors (Lipinski definition) is 0. The molecule has 6 nitrogen and oxygen atoms in total. The van der Waals surface area contributed by atoms with E-state index in [0.29, 0.717) is 0 Å². The number of aromatic nitrogens is 2. The van der Waals surface area contributed by atoms with Crippen LogP contribution in [0.4, 0.5) is 0 Å². The van der Waals surface area contributed by atoms with Crippen LogP contribution in [0.2, 0.25) is 0 Å². The minimum atomic E-state index is 0.115. The summed E-state index contributed by atoms with van der Waals surface area (Å²) >= 11 is 0. The summed E-state index contributed by atoms with van der Waals surface area (Å²) in [5, 5.41) is 4.24. The fourth-order valence-electron chi connectivity index (χ4n) is 4.28. The molecule has 0 bridgehead atoms. The molecular weight excluding hydrogens is 390 g/mol. The first-order chi connectivity index (χ1) is 15.2. The van der Waals surface area contributed by atoms with E-state index >= 15 is 0 Å². The zero-order chi connectivity index (χ0) is 21.6. The zero-order valence-electron chi connectivity index (χ0n) is 18.2. The summed E-state index contributed by atoms with van der Waals surface area (Å²) in [7, 11) is 3.30. The first-order valence-corrected chi connectivity index (χ1v) is 10.8. The molecule has 1 amide bonds. The first-order valence-electron chi connectivity index (χ1n) is 10.8. The number of carbonyl (C=O) groups is 1. The van der Waals surface area contributed by atoms with Gasteiger partial charge < -0.3 is 14.4 Å². The van der Waals surface area contributed by atoms with Crippen LogP contribution in [0.25, 0.3) is 5.69 Å². The van der Waals surface area contributed by atoms with Gasteiger partial charge in [-0.2, -0.15) is 5.10 Å². The maximum Gasteiger partial charge on any atom is 0.254 e. The van der Waals surface area contributed by atoms with Crippen molar-refractivity contribution >= 4 is 5.91 Å². The molecule has 0 spiro atoms. The molecule has 1 aliphatic rings. The van der Waals surface area contributed by atoms with Crippen LogP contribution in [-0.4, -0.2) is 47.4 Å². The van der Waals surface area contributed by atoms with E-state index in [1.165, 1.54) is 12.0 Å². The minimum Gasteiger partial charge on any atom is -0.493 e. The average molecular weight is 420 g/mol. The lowest BCUT2D eigenvalue weighted by Crippen LogP contribution is -2.44. The molecule has 3 aromatic rings. The highest BCUT2D eigenvalue weighted by molar-refractivity contribution is 5.94. The molecule has 1 aromatic heterocycles. The van der Waals surface area contributed by atoms with Crippen molar-refractivity contribution in [1.29, 1.82) is 0 Å². The molecule has 0 saturated carbocycles. The lowest BCUT2D eigenvalue weighted by Gasteiger charge is -2.36. The number of carbonyl (C=O) groups excluding carboxylic acids is 1. The molecule has 0 aliphatic carbocycles. The van der Waals surface area contributed by atoms with Crippen LogP contribution in [0.3, 0.4) is 0 Å². The highest BCUT2D eigenvalue weighted by atomic mass is 16.5. The van der Waals surface area contributed by atoms with Gasteiger partial charge in [0.25, 0.3) is 5.91 Å². The highest BCUT2D eigenvalue weighted by Crippen LogP contribution is 2.29. The number of benzene rings is 2. The van der Waals surface area contributed by atoms with Gasteiger partial charge in [0.2, 0.25) is 0 Å². The predicted octanol–water partition coefficient (Wildman–Crippen LogP) is 4.52. The number of ether oxygens (including phenoxy) is 2. The van der Waals surface area contributed by atoms with Crippen molar-refractivity contribution < 1.29 is 14.3 Å². The Balaban J connectivity index is 1.44. The van der Waals surface area contributed by atoms with E-state index in [1.54, 1.807) is 25.1 Å². The Morgan fingerprint density at radius 2 is 1.87 bits per heavy atom. The number of amides is 1. The van der Waals surface area contributed by atoms with Crippen LogP contribution in [-0.2, 0) is 6.42 Å². The fourth-order valence-corrected chi connectivity index (χ4v) is 4.28. The van der Waals surface area contributed by atoms with Gasteiger partial charge in [-0.1, -0.05) is 6.07 Å². The lowest BCUT2D eigenvalue weighted by molar-refractivity contribution is 0.0602. The molecule has 1 unspecified atom stereocenters. The summed E-state index contributed by atoms with van der Waals surface area (Å²) < 4.78 is 12.6. The Morgan fingerprint density at radius 3 is 2.58 bits per heavy atom. The zero-order valence-corrected chi connectivity index (χ0v) is 18.2. The lowest BCUT2D eigenvalue weighted by atomic mass is 9.95. The number of nitrogens with zero attached hydrogens (tertiary/aromatic N) is 3. The fraction of sp³-hybridized carbons (Fsp3) is 0.360. The van der Waals surface area contributed by atoms with E-state index in [1.807, 2.05) is 48.7 Å². The van der Waals surface area contributed by atoms with Crippen molar-refractivity contribution in [1.82, 2.24) is 14.7 Å². The molecule has 1 saturated heterocycles. The summed E-state index contributed by atoms with van der Waals surface area (Å²) in [6.07, 6.45) is 8.74. The largest absolute Gasteiger partial charge is 0.493 e. The van der Waals surface area contributed by atoms with Crippen LogP contribution in [0.15, 0.2) is 60.9 Å². The van der Waals surface area contributed by atoms with Crippen molar-refractivity contribution in [3.8, 4) is 17.2 Å². The van der Waals surface area contributed by atoms with Gasteiger partial charge in [0.15, 0.2) is 11.5 Å². The molecule has 1 fully saturated rings. The van der Waals surface area contributed by atoms with Crippen LogP contribution in [0.1, 0.15) is 41.6 Å². The Hall–Kier alpha value is -3.28. The Labute approximate surface area is 183 Å². The second kappa shape index (κ2) is 9.69. The number of methoxy groups -OCH3 is 2. The second-order valence-electron chi connectivity index (χ2n) is 7.87. The molecular formula is C25H29N3O3. The Kier molecular flexibility index (Phi) is 6.55. The van der Waals surface area contributed by atoms with Gasteiger partial charge >= 0.3 is 0 Å².